The van der Waals surface area contributed by atoms with Gasteiger partial charge in [-0.15, -0.1) is 11.3 Å². The van der Waals surface area contributed by atoms with E-state index in [1.807, 2.05) is 37.2 Å². The highest BCUT2D eigenvalue weighted by Gasteiger charge is 2.12. The molecule has 114 valence electrons. The summed E-state index contributed by atoms with van der Waals surface area (Å²) in [5.74, 6) is -0.125. The first-order valence-electron chi connectivity index (χ1n) is 7.10. The second-order valence-electron chi connectivity index (χ2n) is 5.37. The number of thiazole rings is 1. The van der Waals surface area contributed by atoms with Crippen molar-refractivity contribution in [1.29, 1.82) is 0 Å². The number of aromatic nitrogens is 2. The normalized spacial score (nSPS) is 11.2. The summed E-state index contributed by atoms with van der Waals surface area (Å²) in [7, 11) is 3.95. The van der Waals surface area contributed by atoms with Crippen LogP contribution in [0.4, 0.5) is 0 Å². The number of hydrogen-bond acceptors (Lipinski definition) is 4. The predicted octanol–water partition coefficient (Wildman–Crippen LogP) is 2.58. The Bertz CT molecular complexity index is 757. The highest BCUT2D eigenvalue weighted by atomic mass is 32.1. The quantitative estimate of drug-likeness (QED) is 0.761. The zero-order valence-corrected chi connectivity index (χ0v) is 13.4. The van der Waals surface area contributed by atoms with Crippen LogP contribution in [0.5, 0.6) is 0 Å². The van der Waals surface area contributed by atoms with Crippen LogP contribution in [0.15, 0.2) is 35.7 Å². The molecule has 0 aliphatic carbocycles. The first-order chi connectivity index (χ1) is 10.6. The molecule has 0 aliphatic rings. The molecule has 2 aromatic heterocycles. The van der Waals surface area contributed by atoms with Crippen LogP contribution in [0.2, 0.25) is 0 Å². The molecule has 0 saturated carbocycles. The topological polar surface area (TPSA) is 61.0 Å². The van der Waals surface area contributed by atoms with Crippen molar-refractivity contribution in [1.82, 2.24) is 20.2 Å². The number of nitrogens with zero attached hydrogens (tertiary/aromatic N) is 2. The SMILES string of the molecule is CN(C)CCNC(=O)c1csc(-c2cc3ccccc3[nH]2)n1. The van der Waals surface area contributed by atoms with Crippen LogP contribution in [0, 0.1) is 0 Å². The Morgan fingerprint density at radius 3 is 2.95 bits per heavy atom. The number of carbonyl (C=O) groups is 1. The van der Waals surface area contributed by atoms with E-state index in [2.05, 4.69) is 27.4 Å². The molecule has 0 fully saturated rings. The number of H-pyrrole nitrogens is 1. The Hall–Kier alpha value is -2.18. The lowest BCUT2D eigenvalue weighted by Crippen LogP contribution is -2.31. The highest BCUT2D eigenvalue weighted by molar-refractivity contribution is 7.13. The lowest BCUT2D eigenvalue weighted by Gasteiger charge is -2.09. The third-order valence-electron chi connectivity index (χ3n) is 3.34. The van der Waals surface area contributed by atoms with E-state index >= 15 is 0 Å². The molecular weight excluding hydrogens is 296 g/mol. The van der Waals surface area contributed by atoms with Gasteiger partial charge in [0, 0.05) is 29.4 Å². The highest BCUT2D eigenvalue weighted by Crippen LogP contribution is 2.26. The van der Waals surface area contributed by atoms with Crippen molar-refractivity contribution in [3.05, 3.63) is 41.4 Å². The van der Waals surface area contributed by atoms with Gasteiger partial charge in [-0.3, -0.25) is 4.79 Å². The van der Waals surface area contributed by atoms with Gasteiger partial charge >= 0.3 is 0 Å². The van der Waals surface area contributed by atoms with Crippen LogP contribution in [0.25, 0.3) is 21.6 Å². The maximum Gasteiger partial charge on any atom is 0.270 e. The maximum atomic E-state index is 12.0. The molecule has 0 radical (unpaired) electrons. The van der Waals surface area contributed by atoms with Crippen molar-refractivity contribution >= 4 is 28.1 Å². The molecule has 0 saturated heterocycles. The summed E-state index contributed by atoms with van der Waals surface area (Å²) >= 11 is 1.47. The summed E-state index contributed by atoms with van der Waals surface area (Å²) in [4.78, 5) is 21.8. The van der Waals surface area contributed by atoms with Crippen LogP contribution in [-0.4, -0.2) is 48.0 Å². The number of hydrogen-bond donors (Lipinski definition) is 2. The van der Waals surface area contributed by atoms with E-state index in [-0.39, 0.29) is 5.91 Å². The van der Waals surface area contributed by atoms with Gasteiger partial charge in [-0.25, -0.2) is 4.98 Å². The first-order valence-corrected chi connectivity index (χ1v) is 7.98. The van der Waals surface area contributed by atoms with Gasteiger partial charge in [0.15, 0.2) is 0 Å². The third-order valence-corrected chi connectivity index (χ3v) is 4.22. The van der Waals surface area contributed by atoms with Gasteiger partial charge in [0.2, 0.25) is 0 Å². The number of rotatable bonds is 5. The lowest BCUT2D eigenvalue weighted by molar-refractivity contribution is 0.0947. The summed E-state index contributed by atoms with van der Waals surface area (Å²) in [6.07, 6.45) is 0. The van der Waals surface area contributed by atoms with Crippen molar-refractivity contribution in [2.24, 2.45) is 0 Å². The molecule has 22 heavy (non-hydrogen) atoms. The molecule has 2 N–H and O–H groups in total. The zero-order valence-electron chi connectivity index (χ0n) is 12.6. The molecule has 0 spiro atoms. The van der Waals surface area contributed by atoms with Gasteiger partial charge < -0.3 is 15.2 Å². The Morgan fingerprint density at radius 2 is 2.18 bits per heavy atom. The number of aromatic amines is 1. The average Bonchev–Trinajstić information content (AvgIpc) is 3.13. The number of likely N-dealkylation sites (N-methyl/N-ethyl adjacent to an activating group) is 1. The molecule has 3 aromatic rings. The van der Waals surface area contributed by atoms with E-state index in [4.69, 9.17) is 0 Å². The summed E-state index contributed by atoms with van der Waals surface area (Å²) in [5.41, 5.74) is 2.49. The van der Waals surface area contributed by atoms with Crippen molar-refractivity contribution in [2.45, 2.75) is 0 Å². The van der Waals surface area contributed by atoms with E-state index in [0.29, 0.717) is 12.2 Å². The Labute approximate surface area is 133 Å². The number of amides is 1. The summed E-state index contributed by atoms with van der Waals surface area (Å²) in [6.45, 7) is 1.43. The number of nitrogens with one attached hydrogen (secondary N) is 2. The minimum Gasteiger partial charge on any atom is -0.353 e. The smallest absolute Gasteiger partial charge is 0.270 e. The van der Waals surface area contributed by atoms with E-state index in [9.17, 15) is 4.79 Å². The van der Waals surface area contributed by atoms with Gasteiger partial charge in [-0.05, 0) is 26.2 Å². The van der Waals surface area contributed by atoms with Gasteiger partial charge in [-0.2, -0.15) is 0 Å². The molecule has 0 unspecified atom stereocenters. The van der Waals surface area contributed by atoms with Crippen molar-refractivity contribution in [3.8, 4) is 10.7 Å². The number of carbonyl (C=O) groups excluding carboxylic acids is 1. The first kappa shape index (κ1) is 14.7. The Morgan fingerprint density at radius 1 is 1.36 bits per heavy atom. The van der Waals surface area contributed by atoms with Gasteiger partial charge in [0.05, 0.1) is 5.69 Å². The predicted molar refractivity (Wildman–Crippen MR) is 90.3 cm³/mol. The Balaban J connectivity index is 1.74. The van der Waals surface area contributed by atoms with E-state index in [1.165, 1.54) is 11.3 Å². The monoisotopic (exact) mass is 314 g/mol. The summed E-state index contributed by atoms with van der Waals surface area (Å²) < 4.78 is 0. The summed E-state index contributed by atoms with van der Waals surface area (Å²) in [6, 6.07) is 10.1. The summed E-state index contributed by atoms with van der Waals surface area (Å²) in [5, 5.41) is 6.64. The van der Waals surface area contributed by atoms with E-state index < -0.39 is 0 Å². The lowest BCUT2D eigenvalue weighted by atomic mass is 10.2. The van der Waals surface area contributed by atoms with Crippen LogP contribution >= 0.6 is 11.3 Å². The van der Waals surface area contributed by atoms with Crippen LogP contribution in [0.3, 0.4) is 0 Å². The largest absolute Gasteiger partial charge is 0.353 e. The maximum absolute atomic E-state index is 12.0. The number of fused-ring (bicyclic) bond motifs is 1. The third kappa shape index (κ3) is 3.18. The number of para-hydroxylation sites is 1. The minimum atomic E-state index is -0.125. The molecule has 1 amide bonds. The van der Waals surface area contributed by atoms with Gasteiger partial charge in [-0.1, -0.05) is 18.2 Å². The van der Waals surface area contributed by atoms with Crippen molar-refractivity contribution in [3.63, 3.8) is 0 Å². The number of benzene rings is 1. The van der Waals surface area contributed by atoms with Crippen LogP contribution < -0.4 is 5.32 Å². The molecule has 5 nitrogen and oxygen atoms in total. The van der Waals surface area contributed by atoms with Crippen molar-refractivity contribution in [2.75, 3.05) is 27.2 Å². The van der Waals surface area contributed by atoms with Crippen LogP contribution in [0.1, 0.15) is 10.5 Å². The molecule has 0 atom stereocenters. The second kappa shape index (κ2) is 6.29. The molecule has 2 heterocycles. The van der Waals surface area contributed by atoms with Crippen molar-refractivity contribution < 1.29 is 4.79 Å². The molecule has 0 aliphatic heterocycles. The minimum absolute atomic E-state index is 0.125. The average molecular weight is 314 g/mol. The van der Waals surface area contributed by atoms with Gasteiger partial charge in [0.25, 0.3) is 5.91 Å². The zero-order chi connectivity index (χ0) is 15.5. The fourth-order valence-electron chi connectivity index (χ4n) is 2.17. The van der Waals surface area contributed by atoms with E-state index in [0.717, 1.165) is 28.1 Å². The molecule has 1 aromatic carbocycles. The Kier molecular flexibility index (Phi) is 4.22. The van der Waals surface area contributed by atoms with Crippen LogP contribution in [-0.2, 0) is 0 Å². The van der Waals surface area contributed by atoms with Gasteiger partial charge in [0.1, 0.15) is 10.7 Å². The standard InChI is InChI=1S/C16H18N4OS/c1-20(2)8-7-17-15(21)14-10-22-16(19-14)13-9-11-5-3-4-6-12(11)18-13/h3-6,9-10,18H,7-8H2,1-2H3,(H,17,21). The molecular formula is C16H18N4OS. The fraction of sp³-hybridized carbons (Fsp3) is 0.250. The molecule has 3 rings (SSSR count). The second-order valence-corrected chi connectivity index (χ2v) is 6.23. The molecule has 0 bridgehead atoms. The van der Waals surface area contributed by atoms with E-state index in [1.54, 1.807) is 5.38 Å². The molecule has 6 heteroatoms. The fourth-order valence-corrected chi connectivity index (χ4v) is 2.94.